The third-order valence-electron chi connectivity index (χ3n) is 2.46. The van der Waals surface area contributed by atoms with Gasteiger partial charge in [0.15, 0.2) is 0 Å². The van der Waals surface area contributed by atoms with Crippen LogP contribution in [-0.2, 0) is 14.4 Å². The number of aliphatic carboxylic acids is 3. The van der Waals surface area contributed by atoms with Crippen molar-refractivity contribution in [3.63, 3.8) is 0 Å². The summed E-state index contributed by atoms with van der Waals surface area (Å²) in [5.74, 6) is -5.72. The summed E-state index contributed by atoms with van der Waals surface area (Å²) in [6, 6.07) is -1.21. The summed E-state index contributed by atoms with van der Waals surface area (Å²) in [6.45, 7) is -0.0178. The van der Waals surface area contributed by atoms with Crippen LogP contribution in [0.4, 0.5) is 0 Å². The minimum atomic E-state index is -1.29. The molecule has 0 amide bonds. The van der Waals surface area contributed by atoms with Gasteiger partial charge >= 0.3 is 17.9 Å². The molecule has 1 heterocycles. The molecular weight excluding hydrogens is 206 g/mol. The van der Waals surface area contributed by atoms with Crippen molar-refractivity contribution in [3.8, 4) is 0 Å². The van der Waals surface area contributed by atoms with Gasteiger partial charge in [-0.15, -0.1) is 0 Å². The molecule has 0 bridgehead atoms. The van der Waals surface area contributed by atoms with Crippen molar-refractivity contribution in [2.45, 2.75) is 12.5 Å². The Balaban J connectivity index is 2.78. The molecule has 7 heteroatoms. The monoisotopic (exact) mass is 217 g/mol. The van der Waals surface area contributed by atoms with E-state index in [0.29, 0.717) is 0 Å². The lowest BCUT2D eigenvalue weighted by atomic mass is 9.84. The molecule has 0 aromatic heterocycles. The number of nitrogens with one attached hydrogen (secondary N) is 1. The number of carboxylic acid groups (broad SMARTS) is 3. The molecule has 3 atom stereocenters. The Labute approximate surface area is 84.7 Å². The van der Waals surface area contributed by atoms with Gasteiger partial charge in [0.2, 0.25) is 0 Å². The van der Waals surface area contributed by atoms with E-state index in [4.69, 9.17) is 15.3 Å². The number of carbonyl (C=O) groups is 3. The lowest BCUT2D eigenvalue weighted by Crippen LogP contribution is -2.53. The summed E-state index contributed by atoms with van der Waals surface area (Å²) in [4.78, 5) is 32.0. The van der Waals surface area contributed by atoms with Gasteiger partial charge in [-0.3, -0.25) is 14.4 Å². The van der Waals surface area contributed by atoms with Gasteiger partial charge in [0.1, 0.15) is 6.04 Å². The molecule has 0 radical (unpaired) electrons. The first kappa shape index (κ1) is 11.4. The highest BCUT2D eigenvalue weighted by Crippen LogP contribution is 2.22. The van der Waals surface area contributed by atoms with Crippen molar-refractivity contribution < 1.29 is 29.7 Å². The Hall–Kier alpha value is -1.63. The smallest absolute Gasteiger partial charge is 0.321 e. The average Bonchev–Trinajstić information content (AvgIpc) is 2.16. The minimum absolute atomic E-state index is 0.0178. The van der Waals surface area contributed by atoms with Crippen LogP contribution < -0.4 is 5.32 Å². The van der Waals surface area contributed by atoms with Crippen molar-refractivity contribution in [2.24, 2.45) is 11.8 Å². The highest BCUT2D eigenvalue weighted by Gasteiger charge is 2.41. The Morgan fingerprint density at radius 3 is 2.00 bits per heavy atom. The summed E-state index contributed by atoms with van der Waals surface area (Å²) in [6.07, 6.45) is -0.158. The zero-order valence-electron chi connectivity index (χ0n) is 7.71. The van der Waals surface area contributed by atoms with Crippen LogP contribution in [0.25, 0.3) is 0 Å². The molecule has 0 aromatic rings. The molecule has 84 valence electrons. The normalized spacial score (nSPS) is 30.8. The van der Waals surface area contributed by atoms with Crippen LogP contribution in [0.15, 0.2) is 0 Å². The van der Waals surface area contributed by atoms with E-state index in [1.165, 1.54) is 0 Å². The molecule has 7 nitrogen and oxygen atoms in total. The fourth-order valence-electron chi connectivity index (χ4n) is 1.63. The quantitative estimate of drug-likeness (QED) is 0.469. The van der Waals surface area contributed by atoms with Gasteiger partial charge in [-0.25, -0.2) is 0 Å². The third-order valence-corrected chi connectivity index (χ3v) is 2.46. The molecule has 0 saturated carbocycles. The number of hydrogen-bond donors (Lipinski definition) is 4. The van der Waals surface area contributed by atoms with Crippen LogP contribution >= 0.6 is 0 Å². The Morgan fingerprint density at radius 1 is 1.00 bits per heavy atom. The molecule has 0 aliphatic carbocycles. The minimum Gasteiger partial charge on any atom is -0.481 e. The summed E-state index contributed by atoms with van der Waals surface area (Å²) in [7, 11) is 0. The van der Waals surface area contributed by atoms with E-state index < -0.39 is 35.8 Å². The highest BCUT2D eigenvalue weighted by atomic mass is 16.4. The van der Waals surface area contributed by atoms with Gasteiger partial charge in [0.05, 0.1) is 11.8 Å². The van der Waals surface area contributed by atoms with Crippen LogP contribution in [0.5, 0.6) is 0 Å². The molecule has 0 unspecified atom stereocenters. The van der Waals surface area contributed by atoms with Crippen molar-refractivity contribution in [3.05, 3.63) is 0 Å². The molecular formula is C8H11NO6. The fraction of sp³-hybridized carbons (Fsp3) is 0.625. The van der Waals surface area contributed by atoms with Crippen molar-refractivity contribution >= 4 is 17.9 Å². The lowest BCUT2D eigenvalue weighted by molar-refractivity contribution is -0.156. The first-order valence-corrected chi connectivity index (χ1v) is 4.35. The number of carboxylic acids is 3. The van der Waals surface area contributed by atoms with E-state index in [0.717, 1.165) is 0 Å². The second kappa shape index (κ2) is 4.26. The second-order valence-corrected chi connectivity index (χ2v) is 3.44. The third kappa shape index (κ3) is 2.44. The molecule has 1 aliphatic heterocycles. The summed E-state index contributed by atoms with van der Waals surface area (Å²) >= 11 is 0. The Kier molecular flexibility index (Phi) is 3.25. The van der Waals surface area contributed by atoms with Crippen LogP contribution in [-0.4, -0.2) is 45.8 Å². The van der Waals surface area contributed by atoms with Gasteiger partial charge in [-0.1, -0.05) is 0 Å². The fourth-order valence-corrected chi connectivity index (χ4v) is 1.63. The first-order valence-electron chi connectivity index (χ1n) is 4.35. The topological polar surface area (TPSA) is 124 Å². The maximum absolute atomic E-state index is 10.7. The van der Waals surface area contributed by atoms with Crippen molar-refractivity contribution in [1.82, 2.24) is 5.32 Å². The van der Waals surface area contributed by atoms with Gasteiger partial charge < -0.3 is 20.6 Å². The molecule has 1 saturated heterocycles. The van der Waals surface area contributed by atoms with E-state index in [2.05, 4.69) is 5.32 Å². The van der Waals surface area contributed by atoms with E-state index in [1.54, 1.807) is 0 Å². The van der Waals surface area contributed by atoms with E-state index in [1.807, 2.05) is 0 Å². The van der Waals surface area contributed by atoms with Crippen LogP contribution in [0.1, 0.15) is 6.42 Å². The zero-order valence-corrected chi connectivity index (χ0v) is 7.71. The Morgan fingerprint density at radius 2 is 1.60 bits per heavy atom. The van der Waals surface area contributed by atoms with E-state index in [9.17, 15) is 14.4 Å². The molecule has 0 aromatic carbocycles. The first-order chi connectivity index (χ1) is 6.93. The van der Waals surface area contributed by atoms with Gasteiger partial charge in [0.25, 0.3) is 0 Å². The van der Waals surface area contributed by atoms with E-state index >= 15 is 0 Å². The molecule has 15 heavy (non-hydrogen) atoms. The second-order valence-electron chi connectivity index (χ2n) is 3.44. The lowest BCUT2D eigenvalue weighted by Gasteiger charge is -2.30. The predicted molar refractivity (Wildman–Crippen MR) is 46.3 cm³/mol. The van der Waals surface area contributed by atoms with Crippen LogP contribution in [0.2, 0.25) is 0 Å². The molecule has 4 N–H and O–H groups in total. The largest absolute Gasteiger partial charge is 0.481 e. The van der Waals surface area contributed by atoms with Crippen LogP contribution in [0, 0.1) is 11.8 Å². The van der Waals surface area contributed by atoms with Gasteiger partial charge in [-0.05, 0) is 6.42 Å². The number of rotatable bonds is 3. The maximum Gasteiger partial charge on any atom is 0.321 e. The van der Waals surface area contributed by atoms with Gasteiger partial charge in [0, 0.05) is 6.54 Å². The summed E-state index contributed by atoms with van der Waals surface area (Å²) in [5, 5.41) is 28.6. The summed E-state index contributed by atoms with van der Waals surface area (Å²) in [5.41, 5.74) is 0. The standard InChI is InChI=1S/C8H11NO6/c10-6(11)3-1-4(7(12)13)5(8(14)15)9-2-3/h3-5,9H,1-2H2,(H,10,11)(H,12,13)(H,14,15)/t3-,4+,5-/m0/s1. The number of hydrogen-bond acceptors (Lipinski definition) is 4. The molecule has 1 fully saturated rings. The van der Waals surface area contributed by atoms with Crippen molar-refractivity contribution in [1.29, 1.82) is 0 Å². The predicted octanol–water partition coefficient (Wildman–Crippen LogP) is -1.17. The van der Waals surface area contributed by atoms with Gasteiger partial charge in [-0.2, -0.15) is 0 Å². The molecule has 1 aliphatic rings. The maximum atomic E-state index is 10.7. The van der Waals surface area contributed by atoms with Crippen molar-refractivity contribution in [2.75, 3.05) is 6.54 Å². The molecule has 1 rings (SSSR count). The number of piperidine rings is 1. The van der Waals surface area contributed by atoms with E-state index in [-0.39, 0.29) is 13.0 Å². The average molecular weight is 217 g/mol. The Bertz CT molecular complexity index is 302. The highest BCUT2D eigenvalue weighted by molar-refractivity contribution is 5.84. The zero-order chi connectivity index (χ0) is 11.6. The molecule has 0 spiro atoms. The SMILES string of the molecule is O=C(O)[C@@H]1CN[C@H](C(=O)O)[C@H](C(=O)O)C1. The van der Waals surface area contributed by atoms with Crippen LogP contribution in [0.3, 0.4) is 0 Å². The summed E-state index contributed by atoms with van der Waals surface area (Å²) < 4.78 is 0.